The predicted molar refractivity (Wildman–Crippen MR) is 61.0 cm³/mol. The third kappa shape index (κ3) is 2.97. The molecule has 0 fully saturated rings. The topological polar surface area (TPSA) is 66.9 Å². The van der Waals surface area contributed by atoms with Crippen LogP contribution >= 0.6 is 0 Å². The van der Waals surface area contributed by atoms with Crippen molar-refractivity contribution in [3.05, 3.63) is 48.2 Å². The lowest BCUT2D eigenvalue weighted by Gasteiger charge is -2.08. The number of benzene rings is 1. The van der Waals surface area contributed by atoms with Gasteiger partial charge >= 0.3 is 6.03 Å². The fourth-order valence-electron chi connectivity index (χ4n) is 1.26. The normalized spacial score (nSPS) is 10.1. The van der Waals surface area contributed by atoms with Crippen molar-refractivity contribution in [1.82, 2.24) is 9.97 Å². The van der Waals surface area contributed by atoms with E-state index in [1.807, 2.05) is 5.32 Å². The smallest absolute Gasteiger partial charge is 0.305 e. The van der Waals surface area contributed by atoms with Crippen LogP contribution in [0.4, 0.5) is 29.5 Å². The van der Waals surface area contributed by atoms with Gasteiger partial charge in [-0.25, -0.2) is 27.9 Å². The molecule has 0 saturated carbocycles. The summed E-state index contributed by atoms with van der Waals surface area (Å²) < 4.78 is 38.9. The van der Waals surface area contributed by atoms with Crippen LogP contribution in [0.2, 0.25) is 0 Å². The zero-order chi connectivity index (χ0) is 13.8. The SMILES string of the molecule is O=C(Nc1ccncn1)Nc1ccc(F)c(F)c1F. The van der Waals surface area contributed by atoms with Crippen LogP contribution < -0.4 is 10.6 Å². The molecule has 5 nitrogen and oxygen atoms in total. The Hall–Kier alpha value is -2.64. The molecule has 19 heavy (non-hydrogen) atoms. The molecule has 0 bridgehead atoms. The van der Waals surface area contributed by atoms with Crippen molar-refractivity contribution in [3.63, 3.8) is 0 Å². The number of nitrogens with zero attached hydrogens (tertiary/aromatic N) is 2. The van der Waals surface area contributed by atoms with Gasteiger partial charge in [-0.1, -0.05) is 0 Å². The molecule has 2 aromatic rings. The van der Waals surface area contributed by atoms with Gasteiger partial charge in [-0.2, -0.15) is 0 Å². The van der Waals surface area contributed by atoms with Gasteiger partial charge < -0.3 is 5.32 Å². The van der Waals surface area contributed by atoms with E-state index >= 15 is 0 Å². The molecule has 0 saturated heterocycles. The van der Waals surface area contributed by atoms with Crippen molar-refractivity contribution in [2.24, 2.45) is 0 Å². The van der Waals surface area contributed by atoms with E-state index in [1.165, 1.54) is 18.6 Å². The van der Waals surface area contributed by atoms with E-state index in [-0.39, 0.29) is 5.82 Å². The van der Waals surface area contributed by atoms with Gasteiger partial charge in [-0.15, -0.1) is 0 Å². The fourth-order valence-corrected chi connectivity index (χ4v) is 1.26. The first-order valence-electron chi connectivity index (χ1n) is 5.05. The summed E-state index contributed by atoms with van der Waals surface area (Å²) in [6, 6.07) is 2.18. The summed E-state index contributed by atoms with van der Waals surface area (Å²) in [5.41, 5.74) is -0.481. The maximum absolute atomic E-state index is 13.3. The molecule has 0 spiro atoms. The first kappa shape index (κ1) is 12.8. The van der Waals surface area contributed by atoms with E-state index in [9.17, 15) is 18.0 Å². The number of amides is 2. The highest BCUT2D eigenvalue weighted by molar-refractivity contribution is 5.99. The highest BCUT2D eigenvalue weighted by Crippen LogP contribution is 2.19. The van der Waals surface area contributed by atoms with Crippen LogP contribution in [0.1, 0.15) is 0 Å². The van der Waals surface area contributed by atoms with Crippen LogP contribution in [0, 0.1) is 17.5 Å². The second-order valence-corrected chi connectivity index (χ2v) is 3.40. The van der Waals surface area contributed by atoms with Gasteiger partial charge in [0.25, 0.3) is 0 Å². The molecule has 98 valence electrons. The van der Waals surface area contributed by atoms with Crippen molar-refractivity contribution in [2.45, 2.75) is 0 Å². The van der Waals surface area contributed by atoms with Crippen LogP contribution in [0.25, 0.3) is 0 Å². The van der Waals surface area contributed by atoms with Crippen molar-refractivity contribution in [2.75, 3.05) is 10.6 Å². The number of hydrogen-bond donors (Lipinski definition) is 2. The average Bonchev–Trinajstić information content (AvgIpc) is 2.41. The second-order valence-electron chi connectivity index (χ2n) is 3.40. The Morgan fingerprint density at radius 2 is 1.84 bits per heavy atom. The average molecular weight is 268 g/mol. The summed E-state index contributed by atoms with van der Waals surface area (Å²) in [5, 5.41) is 4.30. The van der Waals surface area contributed by atoms with Gasteiger partial charge in [0, 0.05) is 6.20 Å². The first-order valence-corrected chi connectivity index (χ1v) is 5.05. The van der Waals surface area contributed by atoms with Gasteiger partial charge in [0.05, 0.1) is 5.69 Å². The van der Waals surface area contributed by atoms with Crippen molar-refractivity contribution < 1.29 is 18.0 Å². The van der Waals surface area contributed by atoms with Crippen LogP contribution in [0.3, 0.4) is 0 Å². The summed E-state index contributed by atoms with van der Waals surface area (Å²) in [7, 11) is 0. The van der Waals surface area contributed by atoms with E-state index in [0.717, 1.165) is 6.07 Å². The molecular weight excluding hydrogens is 261 g/mol. The zero-order valence-electron chi connectivity index (χ0n) is 9.32. The zero-order valence-corrected chi connectivity index (χ0v) is 9.32. The Kier molecular flexibility index (Phi) is 3.60. The third-order valence-electron chi connectivity index (χ3n) is 2.11. The molecule has 2 amide bonds. The molecule has 0 aliphatic carbocycles. The largest absolute Gasteiger partial charge is 0.324 e. The standard InChI is InChI=1S/C11H7F3N4O/c12-6-1-2-7(10(14)9(6)13)17-11(19)18-8-3-4-15-5-16-8/h1-5H,(H2,15,16,17,18,19). The second kappa shape index (κ2) is 5.34. The number of rotatable bonds is 2. The van der Waals surface area contributed by atoms with Crippen LogP contribution in [-0.4, -0.2) is 16.0 Å². The number of halogens is 3. The minimum atomic E-state index is -1.65. The Bertz CT molecular complexity index is 606. The monoisotopic (exact) mass is 268 g/mol. The predicted octanol–water partition coefficient (Wildman–Crippen LogP) is 2.54. The minimum absolute atomic E-state index is 0.176. The van der Waals surface area contributed by atoms with E-state index < -0.39 is 29.2 Å². The molecular formula is C11H7F3N4O. The molecule has 8 heteroatoms. The summed E-state index contributed by atoms with van der Waals surface area (Å²) in [4.78, 5) is 18.8. The molecule has 0 atom stereocenters. The van der Waals surface area contributed by atoms with Gasteiger partial charge in [0.2, 0.25) is 0 Å². The van der Waals surface area contributed by atoms with Gasteiger partial charge in [0.15, 0.2) is 17.5 Å². The fraction of sp³-hybridized carbons (Fsp3) is 0. The molecule has 0 aliphatic rings. The Morgan fingerprint density at radius 1 is 1.05 bits per heavy atom. The highest BCUT2D eigenvalue weighted by atomic mass is 19.2. The molecule has 0 unspecified atom stereocenters. The molecule has 1 heterocycles. The lowest BCUT2D eigenvalue weighted by molar-refractivity contribution is 0.262. The van der Waals surface area contributed by atoms with Crippen LogP contribution in [0.5, 0.6) is 0 Å². The van der Waals surface area contributed by atoms with Gasteiger partial charge in [0.1, 0.15) is 12.1 Å². The molecule has 0 aliphatic heterocycles. The number of hydrogen-bond acceptors (Lipinski definition) is 3. The Labute approximate surface area is 105 Å². The van der Waals surface area contributed by atoms with E-state index in [0.29, 0.717) is 6.07 Å². The van der Waals surface area contributed by atoms with Crippen molar-refractivity contribution in [3.8, 4) is 0 Å². The molecule has 1 aromatic heterocycles. The van der Waals surface area contributed by atoms with Crippen molar-refractivity contribution in [1.29, 1.82) is 0 Å². The highest BCUT2D eigenvalue weighted by Gasteiger charge is 2.15. The number of nitrogens with one attached hydrogen (secondary N) is 2. The molecule has 2 N–H and O–H groups in total. The van der Waals surface area contributed by atoms with Gasteiger partial charge in [-0.05, 0) is 18.2 Å². The molecule has 2 rings (SSSR count). The van der Waals surface area contributed by atoms with Crippen LogP contribution in [-0.2, 0) is 0 Å². The minimum Gasteiger partial charge on any atom is -0.305 e. The first-order chi connectivity index (χ1) is 9.08. The molecule has 0 radical (unpaired) electrons. The summed E-state index contributed by atoms with van der Waals surface area (Å²) in [6.45, 7) is 0. The number of carbonyl (C=O) groups is 1. The summed E-state index contributed by atoms with van der Waals surface area (Å²) in [6.07, 6.45) is 2.59. The lowest BCUT2D eigenvalue weighted by Crippen LogP contribution is -2.21. The van der Waals surface area contributed by atoms with Crippen molar-refractivity contribution >= 4 is 17.5 Å². The lowest BCUT2D eigenvalue weighted by atomic mass is 10.3. The number of anilines is 2. The molecule has 1 aromatic carbocycles. The Balaban J connectivity index is 2.10. The number of urea groups is 1. The quantitative estimate of drug-likeness (QED) is 0.822. The van der Waals surface area contributed by atoms with E-state index in [4.69, 9.17) is 0 Å². The maximum atomic E-state index is 13.3. The number of carbonyl (C=O) groups excluding carboxylic acids is 1. The van der Waals surface area contributed by atoms with Gasteiger partial charge in [-0.3, -0.25) is 5.32 Å². The van der Waals surface area contributed by atoms with E-state index in [1.54, 1.807) is 0 Å². The van der Waals surface area contributed by atoms with Crippen LogP contribution in [0.15, 0.2) is 30.7 Å². The third-order valence-corrected chi connectivity index (χ3v) is 2.11. The Morgan fingerprint density at radius 3 is 2.53 bits per heavy atom. The van der Waals surface area contributed by atoms with E-state index in [2.05, 4.69) is 15.3 Å². The number of aromatic nitrogens is 2. The summed E-state index contributed by atoms with van der Waals surface area (Å²) >= 11 is 0. The summed E-state index contributed by atoms with van der Waals surface area (Å²) in [5.74, 6) is -4.28. The maximum Gasteiger partial charge on any atom is 0.324 e.